The number of hydrogen-bond donors (Lipinski definition) is 0. The second-order valence-electron chi connectivity index (χ2n) is 5.02. The van der Waals surface area contributed by atoms with Gasteiger partial charge in [-0.25, -0.2) is 4.39 Å². The molecule has 0 amide bonds. The maximum absolute atomic E-state index is 13.3. The number of benzene rings is 1. The largest absolute Gasteiger partial charge is 0.365 e. The lowest BCUT2D eigenvalue weighted by atomic mass is 10.00. The van der Waals surface area contributed by atoms with Crippen LogP contribution >= 0.6 is 0 Å². The molecule has 0 saturated carbocycles. The number of fused-ring (bicyclic) bond motifs is 2. The van der Waals surface area contributed by atoms with Crippen molar-refractivity contribution in [2.24, 2.45) is 0 Å². The number of ketones is 1. The highest BCUT2D eigenvalue weighted by molar-refractivity contribution is 5.83. The van der Waals surface area contributed by atoms with Crippen molar-refractivity contribution >= 4 is 11.5 Å². The van der Waals surface area contributed by atoms with E-state index in [1.807, 2.05) is 6.07 Å². The molecule has 0 radical (unpaired) electrons. The van der Waals surface area contributed by atoms with Crippen LogP contribution in [0.3, 0.4) is 0 Å². The van der Waals surface area contributed by atoms with E-state index in [-0.39, 0.29) is 17.6 Å². The van der Waals surface area contributed by atoms with E-state index >= 15 is 0 Å². The first-order chi connectivity index (χ1) is 8.69. The number of carbonyl (C=O) groups excluding carboxylic acids is 1. The average molecular weight is 244 g/mol. The van der Waals surface area contributed by atoms with Crippen LogP contribution in [-0.2, 0) is 4.79 Å². The van der Waals surface area contributed by atoms with Gasteiger partial charge in [-0.3, -0.25) is 4.79 Å². The first-order valence-corrected chi connectivity index (χ1v) is 6.18. The van der Waals surface area contributed by atoms with Gasteiger partial charge < -0.3 is 4.90 Å². The predicted molar refractivity (Wildman–Crippen MR) is 64.6 cm³/mol. The van der Waals surface area contributed by atoms with Gasteiger partial charge in [0.2, 0.25) is 0 Å². The zero-order valence-corrected chi connectivity index (χ0v) is 9.90. The van der Waals surface area contributed by atoms with E-state index in [4.69, 9.17) is 5.26 Å². The Balaban J connectivity index is 1.97. The molecule has 92 valence electrons. The lowest BCUT2D eigenvalue weighted by Crippen LogP contribution is -2.43. The van der Waals surface area contributed by atoms with Crippen molar-refractivity contribution in [2.45, 2.75) is 37.8 Å². The predicted octanol–water partition coefficient (Wildman–Crippen LogP) is 2.40. The third-order valence-electron chi connectivity index (χ3n) is 3.92. The highest BCUT2D eigenvalue weighted by atomic mass is 19.1. The Morgan fingerprint density at radius 1 is 1.28 bits per heavy atom. The van der Waals surface area contributed by atoms with Crippen molar-refractivity contribution in [3.8, 4) is 6.07 Å². The van der Waals surface area contributed by atoms with Gasteiger partial charge in [0.05, 0.1) is 5.56 Å². The molecule has 1 aromatic rings. The minimum absolute atomic E-state index is 0.0730. The van der Waals surface area contributed by atoms with Crippen LogP contribution in [0, 0.1) is 17.1 Å². The minimum atomic E-state index is -0.485. The molecule has 0 spiro atoms. The fraction of sp³-hybridized carbons (Fsp3) is 0.429. The molecule has 4 heteroatoms. The minimum Gasteiger partial charge on any atom is -0.365 e. The van der Waals surface area contributed by atoms with Crippen LogP contribution < -0.4 is 4.90 Å². The molecule has 2 aliphatic rings. The number of piperidine rings is 1. The lowest BCUT2D eigenvalue weighted by molar-refractivity contribution is -0.120. The summed E-state index contributed by atoms with van der Waals surface area (Å²) in [4.78, 5) is 13.7. The Morgan fingerprint density at radius 2 is 1.94 bits per heavy atom. The highest BCUT2D eigenvalue weighted by Gasteiger charge is 2.40. The molecule has 2 fully saturated rings. The second kappa shape index (κ2) is 4.09. The van der Waals surface area contributed by atoms with Crippen molar-refractivity contribution in [3.63, 3.8) is 0 Å². The van der Waals surface area contributed by atoms with Gasteiger partial charge in [-0.15, -0.1) is 0 Å². The maximum atomic E-state index is 13.3. The van der Waals surface area contributed by atoms with Gasteiger partial charge in [0.15, 0.2) is 0 Å². The Kier molecular flexibility index (Phi) is 2.55. The van der Waals surface area contributed by atoms with Crippen LogP contribution in [0.4, 0.5) is 10.1 Å². The molecule has 2 heterocycles. The van der Waals surface area contributed by atoms with Crippen LogP contribution in [0.25, 0.3) is 0 Å². The van der Waals surface area contributed by atoms with Crippen LogP contribution in [-0.4, -0.2) is 17.9 Å². The van der Waals surface area contributed by atoms with Gasteiger partial charge in [0.1, 0.15) is 17.7 Å². The first kappa shape index (κ1) is 11.2. The Hall–Kier alpha value is -1.89. The fourth-order valence-corrected chi connectivity index (χ4v) is 3.15. The molecule has 0 N–H and O–H groups in total. The van der Waals surface area contributed by atoms with E-state index < -0.39 is 5.82 Å². The molecule has 18 heavy (non-hydrogen) atoms. The molecule has 0 aliphatic carbocycles. The summed E-state index contributed by atoms with van der Waals surface area (Å²) in [5.41, 5.74) is 0.941. The molecular weight excluding hydrogens is 231 g/mol. The van der Waals surface area contributed by atoms with E-state index in [0.29, 0.717) is 18.6 Å². The standard InChI is InChI=1S/C14H13FN2O/c15-14-4-3-10(5-9(14)8-16)17-11-1-2-12(17)7-13(18)6-11/h3-5,11-12H,1-2,6-7H2. The van der Waals surface area contributed by atoms with Gasteiger partial charge in [-0.1, -0.05) is 0 Å². The summed E-state index contributed by atoms with van der Waals surface area (Å²) in [6.07, 6.45) is 3.18. The van der Waals surface area contributed by atoms with E-state index in [1.165, 1.54) is 6.07 Å². The van der Waals surface area contributed by atoms with Crippen LogP contribution in [0.2, 0.25) is 0 Å². The first-order valence-electron chi connectivity index (χ1n) is 6.18. The monoisotopic (exact) mass is 244 g/mol. The van der Waals surface area contributed by atoms with E-state index in [0.717, 1.165) is 18.5 Å². The van der Waals surface area contributed by atoms with Crippen molar-refractivity contribution in [1.29, 1.82) is 5.26 Å². The maximum Gasteiger partial charge on any atom is 0.141 e. The summed E-state index contributed by atoms with van der Waals surface area (Å²) in [7, 11) is 0. The Morgan fingerprint density at radius 3 is 2.56 bits per heavy atom. The Labute approximate surface area is 105 Å². The third-order valence-corrected chi connectivity index (χ3v) is 3.92. The van der Waals surface area contributed by atoms with Crippen molar-refractivity contribution in [3.05, 3.63) is 29.6 Å². The zero-order valence-electron chi connectivity index (χ0n) is 9.90. The summed E-state index contributed by atoms with van der Waals surface area (Å²) in [5, 5.41) is 8.87. The second-order valence-corrected chi connectivity index (χ2v) is 5.02. The lowest BCUT2D eigenvalue weighted by Gasteiger charge is -2.36. The normalized spacial score (nSPS) is 26.2. The highest BCUT2D eigenvalue weighted by Crippen LogP contribution is 2.38. The van der Waals surface area contributed by atoms with Crippen molar-refractivity contribution < 1.29 is 9.18 Å². The van der Waals surface area contributed by atoms with Crippen molar-refractivity contribution in [2.75, 3.05) is 4.90 Å². The number of rotatable bonds is 1. The quantitative estimate of drug-likeness (QED) is 0.762. The molecule has 2 atom stereocenters. The summed E-state index contributed by atoms with van der Waals surface area (Å²) in [5.74, 6) is -0.164. The molecule has 2 aliphatic heterocycles. The summed E-state index contributed by atoms with van der Waals surface area (Å²) < 4.78 is 13.3. The van der Waals surface area contributed by atoms with Gasteiger partial charge >= 0.3 is 0 Å². The van der Waals surface area contributed by atoms with Gasteiger partial charge in [-0.05, 0) is 31.0 Å². The number of halogens is 1. The van der Waals surface area contributed by atoms with Crippen LogP contribution in [0.15, 0.2) is 18.2 Å². The van der Waals surface area contributed by atoms with E-state index in [9.17, 15) is 9.18 Å². The van der Waals surface area contributed by atoms with Crippen LogP contribution in [0.5, 0.6) is 0 Å². The van der Waals surface area contributed by atoms with Crippen molar-refractivity contribution in [1.82, 2.24) is 0 Å². The van der Waals surface area contributed by atoms with Gasteiger partial charge in [-0.2, -0.15) is 5.26 Å². The summed E-state index contributed by atoms with van der Waals surface area (Å²) in [6, 6.07) is 6.96. The number of anilines is 1. The van der Waals surface area contributed by atoms with E-state index in [2.05, 4.69) is 4.90 Å². The van der Waals surface area contributed by atoms with E-state index in [1.54, 1.807) is 12.1 Å². The van der Waals surface area contributed by atoms with Gasteiger partial charge in [0.25, 0.3) is 0 Å². The molecule has 3 rings (SSSR count). The molecule has 2 saturated heterocycles. The molecule has 2 bridgehead atoms. The number of Topliss-reactive ketones (excluding diaryl/α,β-unsaturated/α-hetero) is 1. The Bertz CT molecular complexity index is 533. The van der Waals surface area contributed by atoms with Crippen LogP contribution in [0.1, 0.15) is 31.2 Å². The number of nitriles is 1. The summed E-state index contributed by atoms with van der Waals surface area (Å²) >= 11 is 0. The molecule has 2 unspecified atom stereocenters. The SMILES string of the molecule is N#Cc1cc(N2C3CCC2CC(=O)C3)ccc1F. The number of nitrogens with zero attached hydrogens (tertiary/aromatic N) is 2. The number of hydrogen-bond acceptors (Lipinski definition) is 3. The topological polar surface area (TPSA) is 44.1 Å². The fourth-order valence-electron chi connectivity index (χ4n) is 3.15. The van der Waals surface area contributed by atoms with Gasteiger partial charge in [0, 0.05) is 30.6 Å². The molecule has 0 aromatic heterocycles. The molecular formula is C14H13FN2O. The zero-order chi connectivity index (χ0) is 12.7. The third kappa shape index (κ3) is 1.67. The molecule has 3 nitrogen and oxygen atoms in total. The average Bonchev–Trinajstić information content (AvgIpc) is 2.63. The molecule has 1 aromatic carbocycles. The number of carbonyl (C=O) groups is 1. The smallest absolute Gasteiger partial charge is 0.141 e. The summed E-state index contributed by atoms with van der Waals surface area (Å²) in [6.45, 7) is 0.